The first-order valence-electron chi connectivity index (χ1n) is 12.7. The first kappa shape index (κ1) is 28.2. The summed E-state index contributed by atoms with van der Waals surface area (Å²) in [4.78, 5) is 27.6. The Bertz CT molecular complexity index is 1310. The Morgan fingerprint density at radius 3 is 2.50 bits per heavy atom. The lowest BCUT2D eigenvalue weighted by Crippen LogP contribution is -2.49. The number of aryl methyl sites for hydroxylation is 2. The van der Waals surface area contributed by atoms with Gasteiger partial charge in [0, 0.05) is 74.8 Å². The number of rotatable bonds is 6. The third-order valence-corrected chi connectivity index (χ3v) is 7.93. The summed E-state index contributed by atoms with van der Waals surface area (Å²) in [6.07, 6.45) is 7.35. The van der Waals surface area contributed by atoms with Crippen LogP contribution in [0.5, 0.6) is 0 Å². The molecule has 0 bridgehead atoms. The lowest BCUT2D eigenvalue weighted by Gasteiger charge is -2.29. The summed E-state index contributed by atoms with van der Waals surface area (Å²) in [5.74, 6) is 0.486. The number of hydrogen-bond donors (Lipinski definition) is 4. The second kappa shape index (κ2) is 13.3. The number of aromatic nitrogens is 3. The van der Waals surface area contributed by atoms with Gasteiger partial charge in [-0.05, 0) is 50.3 Å². The Morgan fingerprint density at radius 2 is 1.87 bits per heavy atom. The minimum Gasteiger partial charge on any atom is -0.384 e. The van der Waals surface area contributed by atoms with E-state index in [0.717, 1.165) is 18.5 Å². The van der Waals surface area contributed by atoms with E-state index in [1.807, 2.05) is 30.1 Å². The van der Waals surface area contributed by atoms with Gasteiger partial charge in [-0.1, -0.05) is 24.3 Å². The Kier molecular flexibility index (Phi) is 9.86. The smallest absolute Gasteiger partial charge is 0.270 e. The molecule has 1 aliphatic heterocycles. The van der Waals surface area contributed by atoms with Crippen LogP contribution in [0, 0.1) is 0 Å². The van der Waals surface area contributed by atoms with E-state index in [-0.39, 0.29) is 23.7 Å². The van der Waals surface area contributed by atoms with E-state index in [2.05, 4.69) is 71.1 Å². The number of fused-ring (bicyclic) bond motifs is 2. The van der Waals surface area contributed by atoms with E-state index < -0.39 is 0 Å². The number of aliphatic imine (C=N–C) groups is 1. The maximum Gasteiger partial charge on any atom is 0.270 e. The van der Waals surface area contributed by atoms with Crippen LogP contribution in [0.3, 0.4) is 0 Å². The van der Waals surface area contributed by atoms with Gasteiger partial charge in [-0.2, -0.15) is 15.0 Å². The van der Waals surface area contributed by atoms with Crippen molar-refractivity contribution in [3.8, 4) is 0 Å². The molecule has 38 heavy (non-hydrogen) atoms. The quantitative estimate of drug-likeness (QED) is 0.138. The van der Waals surface area contributed by atoms with Gasteiger partial charge in [-0.25, -0.2) is 0 Å². The van der Waals surface area contributed by atoms with Gasteiger partial charge < -0.3 is 27.0 Å². The standard InChI is InChI=1S/C17H24IN9OS.C9H10/c1-10(2)22-12(16(28)26-7-4-21-5-8-26)9-13(19)23-17-24-14(20)11-3-6-27(29-18)15(11)25-17;1-2-5-9-7-3-6-8(9)4-1/h3,6,9-10,21-22H,4-5,7-8H2,1-2H3,(H4,19,20,23,24,25);1-2,4-5H,3,6-7H2/b12-9-;. The number of nitrogens with one attached hydrogen (secondary N) is 2. The van der Waals surface area contributed by atoms with Crippen LogP contribution < -0.4 is 22.1 Å². The number of piperazine rings is 1. The molecule has 3 heterocycles. The zero-order valence-corrected chi connectivity index (χ0v) is 24.6. The molecule has 12 heteroatoms. The summed E-state index contributed by atoms with van der Waals surface area (Å²) in [6, 6.07) is 10.6. The van der Waals surface area contributed by atoms with Crippen LogP contribution >= 0.6 is 30.3 Å². The number of nitrogens with two attached hydrogens (primary N) is 2. The number of carbonyl (C=O) groups excluding carboxylic acids is 1. The molecule has 1 aliphatic carbocycles. The average Bonchev–Trinajstić information content (AvgIpc) is 3.55. The number of hydrogen-bond acceptors (Lipinski definition) is 8. The van der Waals surface area contributed by atoms with Crippen molar-refractivity contribution >= 4 is 64.9 Å². The summed E-state index contributed by atoms with van der Waals surface area (Å²) in [6.45, 7) is 6.75. The van der Waals surface area contributed by atoms with Crippen LogP contribution in [-0.4, -0.2) is 62.8 Å². The van der Waals surface area contributed by atoms with Gasteiger partial charge in [0.05, 0.1) is 5.39 Å². The molecule has 10 nitrogen and oxygen atoms in total. The van der Waals surface area contributed by atoms with Crippen LogP contribution in [0.1, 0.15) is 31.4 Å². The monoisotopic (exact) mass is 647 g/mol. The molecule has 1 saturated heterocycles. The second-order valence-corrected chi connectivity index (χ2v) is 11.1. The topological polar surface area (TPSA) is 139 Å². The fourth-order valence-electron chi connectivity index (χ4n) is 4.43. The molecule has 0 unspecified atom stereocenters. The van der Waals surface area contributed by atoms with Gasteiger partial charge >= 0.3 is 0 Å². The molecule has 2 aliphatic rings. The van der Waals surface area contributed by atoms with Crippen molar-refractivity contribution in [1.29, 1.82) is 0 Å². The Balaban J connectivity index is 0.000000311. The van der Waals surface area contributed by atoms with Gasteiger partial charge in [0.1, 0.15) is 17.4 Å². The molecule has 202 valence electrons. The average molecular weight is 648 g/mol. The zero-order valence-electron chi connectivity index (χ0n) is 21.7. The molecular weight excluding hydrogens is 613 g/mol. The third-order valence-electron chi connectivity index (χ3n) is 6.21. The van der Waals surface area contributed by atoms with Gasteiger partial charge in [-0.3, -0.25) is 8.77 Å². The van der Waals surface area contributed by atoms with Crippen LogP contribution in [0.25, 0.3) is 11.0 Å². The van der Waals surface area contributed by atoms with Gasteiger partial charge in [-0.15, -0.1) is 0 Å². The van der Waals surface area contributed by atoms with Crippen molar-refractivity contribution < 1.29 is 4.79 Å². The number of benzene rings is 1. The van der Waals surface area contributed by atoms with E-state index in [1.165, 1.54) is 34.5 Å². The molecule has 0 radical (unpaired) electrons. The number of anilines is 1. The number of amidine groups is 1. The van der Waals surface area contributed by atoms with Crippen molar-refractivity contribution in [2.24, 2.45) is 10.7 Å². The lowest BCUT2D eigenvalue weighted by atomic mass is 10.1. The molecule has 0 spiro atoms. The van der Waals surface area contributed by atoms with Crippen LogP contribution in [-0.2, 0) is 17.6 Å². The highest BCUT2D eigenvalue weighted by molar-refractivity contribution is 14.2. The minimum atomic E-state index is -0.107. The van der Waals surface area contributed by atoms with Crippen molar-refractivity contribution in [1.82, 2.24) is 29.5 Å². The summed E-state index contributed by atoms with van der Waals surface area (Å²) in [5, 5.41) is 7.15. The first-order chi connectivity index (χ1) is 18.4. The van der Waals surface area contributed by atoms with Crippen LogP contribution in [0.15, 0.2) is 53.3 Å². The highest BCUT2D eigenvalue weighted by Gasteiger charge is 2.21. The van der Waals surface area contributed by atoms with Gasteiger partial charge in [0.2, 0.25) is 0 Å². The number of nitrogen functional groups attached to an aromatic ring is 1. The van der Waals surface area contributed by atoms with Crippen molar-refractivity contribution in [2.75, 3.05) is 31.9 Å². The molecule has 1 amide bonds. The molecule has 5 rings (SSSR count). The number of amides is 1. The predicted octanol–water partition coefficient (Wildman–Crippen LogP) is 3.34. The van der Waals surface area contributed by atoms with Crippen molar-refractivity contribution in [3.63, 3.8) is 0 Å². The zero-order chi connectivity index (χ0) is 27.1. The summed E-state index contributed by atoms with van der Waals surface area (Å²) < 4.78 is 1.86. The maximum atomic E-state index is 12.9. The van der Waals surface area contributed by atoms with Crippen molar-refractivity contribution in [2.45, 2.75) is 39.2 Å². The molecule has 2 aromatic heterocycles. The normalized spacial score (nSPS) is 15.8. The van der Waals surface area contributed by atoms with Gasteiger partial charge in [0.25, 0.3) is 11.9 Å². The van der Waals surface area contributed by atoms with Crippen LogP contribution in [0.4, 0.5) is 11.8 Å². The Labute approximate surface area is 239 Å². The summed E-state index contributed by atoms with van der Waals surface area (Å²) in [7, 11) is 1.46. The molecule has 0 atom stereocenters. The largest absolute Gasteiger partial charge is 0.384 e. The Morgan fingerprint density at radius 1 is 1.18 bits per heavy atom. The second-order valence-electron chi connectivity index (χ2n) is 9.41. The van der Waals surface area contributed by atoms with E-state index in [9.17, 15) is 4.79 Å². The minimum absolute atomic E-state index is 0.0631. The highest BCUT2D eigenvalue weighted by atomic mass is 127. The fraction of sp³-hybridized carbons (Fsp3) is 0.385. The Hall–Kier alpha value is -2.84. The maximum absolute atomic E-state index is 12.9. The van der Waals surface area contributed by atoms with E-state index >= 15 is 0 Å². The molecule has 3 aromatic rings. The third kappa shape index (κ3) is 7.17. The summed E-state index contributed by atoms with van der Waals surface area (Å²) >= 11 is 2.16. The molecule has 1 aromatic carbocycles. The SMILES string of the molecule is CC(C)N/C(=C\C(N)=N\c1nc(N)c2ccn(SI)c2n1)C(=O)N1CCNCC1.c1ccc2c(c1)CCC2. The summed E-state index contributed by atoms with van der Waals surface area (Å²) in [5.41, 5.74) is 16.3. The highest BCUT2D eigenvalue weighted by Crippen LogP contribution is 2.27. The fourth-order valence-corrected chi connectivity index (χ4v) is 5.70. The van der Waals surface area contributed by atoms with E-state index in [0.29, 0.717) is 30.3 Å². The van der Waals surface area contributed by atoms with E-state index in [4.69, 9.17) is 11.5 Å². The number of halogens is 1. The lowest BCUT2D eigenvalue weighted by molar-refractivity contribution is -0.128. The first-order valence-corrected chi connectivity index (χ1v) is 16.0. The van der Waals surface area contributed by atoms with Gasteiger partial charge in [0.15, 0.2) is 5.65 Å². The molecular formula is C26H34IN9OS. The molecule has 0 saturated carbocycles. The number of nitrogens with zero attached hydrogens (tertiary/aromatic N) is 5. The number of carbonyl (C=O) groups is 1. The van der Waals surface area contributed by atoms with Crippen molar-refractivity contribution in [3.05, 3.63) is 59.4 Å². The predicted molar refractivity (Wildman–Crippen MR) is 165 cm³/mol. The molecule has 1 fully saturated rings. The molecule has 6 N–H and O–H groups in total. The van der Waals surface area contributed by atoms with E-state index in [1.54, 1.807) is 16.0 Å². The van der Waals surface area contributed by atoms with Crippen LogP contribution in [0.2, 0.25) is 0 Å².